The van der Waals surface area contributed by atoms with Gasteiger partial charge >= 0.3 is 0 Å². The van der Waals surface area contributed by atoms with Gasteiger partial charge in [0, 0.05) is 0 Å². The number of nitrogens with zero attached hydrogens (tertiary/aromatic N) is 3. The van der Waals surface area contributed by atoms with Crippen LogP contribution >= 0.6 is 0 Å². The molecule has 3 rings (SSSR count). The minimum Gasteiger partial charge on any atom is -0.267 e. The third kappa shape index (κ3) is 3.01. The Morgan fingerprint density at radius 3 is 2.64 bits per heavy atom. The average molecular weight is 289 g/mol. The number of aromatic nitrogens is 2. The molecular weight excluding hydrogens is 274 g/mol. The molecule has 0 aliphatic carbocycles. The fourth-order valence-electron chi connectivity index (χ4n) is 2.14. The second kappa shape index (κ2) is 6.18. The highest BCUT2D eigenvalue weighted by Crippen LogP contribution is 2.06. The molecule has 3 aromatic rings. The van der Waals surface area contributed by atoms with Crippen molar-refractivity contribution < 1.29 is 0 Å². The van der Waals surface area contributed by atoms with Crippen LogP contribution in [0.4, 0.5) is 0 Å². The Balaban J connectivity index is 1.91. The number of para-hydroxylation sites is 1. The van der Waals surface area contributed by atoms with Gasteiger partial charge in [0.1, 0.15) is 6.33 Å². The average Bonchev–Trinajstić information content (AvgIpc) is 2.55. The summed E-state index contributed by atoms with van der Waals surface area (Å²) < 4.78 is 1.25. The van der Waals surface area contributed by atoms with Crippen molar-refractivity contribution in [3.05, 3.63) is 82.4 Å². The number of rotatable bonds is 3. The molecule has 0 saturated heterocycles. The van der Waals surface area contributed by atoms with Gasteiger partial charge in [-0.15, -0.1) is 0 Å². The Hall–Kier alpha value is -3.01. The lowest BCUT2D eigenvalue weighted by Gasteiger charge is -2.00. The molecule has 4 heteroatoms. The quantitative estimate of drug-likeness (QED) is 0.694. The Morgan fingerprint density at radius 2 is 1.82 bits per heavy atom. The molecule has 0 saturated carbocycles. The van der Waals surface area contributed by atoms with Crippen molar-refractivity contribution in [2.24, 2.45) is 5.10 Å². The number of fused-ring (bicyclic) bond motifs is 1. The molecule has 2 aromatic carbocycles. The van der Waals surface area contributed by atoms with Crippen molar-refractivity contribution >= 4 is 23.2 Å². The molecule has 0 unspecified atom stereocenters. The van der Waals surface area contributed by atoms with E-state index in [1.54, 1.807) is 12.3 Å². The van der Waals surface area contributed by atoms with Crippen molar-refractivity contribution in [3.63, 3.8) is 0 Å². The van der Waals surface area contributed by atoms with Gasteiger partial charge in [-0.2, -0.15) is 9.78 Å². The van der Waals surface area contributed by atoms with E-state index < -0.39 is 0 Å². The molecule has 22 heavy (non-hydrogen) atoms. The maximum absolute atomic E-state index is 12.3. The van der Waals surface area contributed by atoms with E-state index in [9.17, 15) is 4.79 Å². The molecule has 1 heterocycles. The maximum atomic E-state index is 12.3. The van der Waals surface area contributed by atoms with Crippen LogP contribution in [-0.2, 0) is 0 Å². The maximum Gasteiger partial charge on any atom is 0.281 e. The lowest BCUT2D eigenvalue weighted by Crippen LogP contribution is -2.16. The van der Waals surface area contributed by atoms with E-state index in [2.05, 4.69) is 10.1 Å². The lowest BCUT2D eigenvalue weighted by molar-refractivity contribution is 0.817. The first-order chi connectivity index (χ1) is 10.7. The molecule has 0 N–H and O–H groups in total. The van der Waals surface area contributed by atoms with Gasteiger partial charge < -0.3 is 0 Å². The highest BCUT2D eigenvalue weighted by molar-refractivity contribution is 5.84. The summed E-state index contributed by atoms with van der Waals surface area (Å²) in [5.41, 5.74) is 2.55. The fraction of sp³-hybridized carbons (Fsp3) is 0.0556. The van der Waals surface area contributed by atoms with Crippen LogP contribution in [0.3, 0.4) is 0 Å². The summed E-state index contributed by atoms with van der Waals surface area (Å²) in [6, 6.07) is 17.2. The number of hydrogen-bond donors (Lipinski definition) is 0. The predicted octanol–water partition coefficient (Wildman–Crippen LogP) is 3.33. The minimum absolute atomic E-state index is 0.172. The smallest absolute Gasteiger partial charge is 0.267 e. The normalized spacial score (nSPS) is 12.1. The molecule has 0 atom stereocenters. The fourth-order valence-corrected chi connectivity index (χ4v) is 2.14. The SMILES string of the molecule is CC(=C/c1ccccc1)/C=N/n1cnc2ccccc2c1=O. The molecule has 0 bridgehead atoms. The Labute approximate surface area is 128 Å². The summed E-state index contributed by atoms with van der Waals surface area (Å²) in [5, 5.41) is 4.76. The third-order valence-electron chi connectivity index (χ3n) is 3.23. The van der Waals surface area contributed by atoms with Crippen LogP contribution in [0.1, 0.15) is 12.5 Å². The molecule has 0 spiro atoms. The summed E-state index contributed by atoms with van der Waals surface area (Å²) in [4.78, 5) is 16.5. The summed E-state index contributed by atoms with van der Waals surface area (Å²) in [7, 11) is 0. The Bertz CT molecular complexity index is 908. The van der Waals surface area contributed by atoms with E-state index in [1.165, 1.54) is 11.0 Å². The highest BCUT2D eigenvalue weighted by atomic mass is 16.1. The van der Waals surface area contributed by atoms with Crippen molar-refractivity contribution in [2.45, 2.75) is 6.92 Å². The van der Waals surface area contributed by atoms with Crippen LogP contribution in [0.2, 0.25) is 0 Å². The van der Waals surface area contributed by atoms with Gasteiger partial charge in [-0.25, -0.2) is 4.98 Å². The van der Waals surface area contributed by atoms with Crippen LogP contribution in [0.25, 0.3) is 17.0 Å². The van der Waals surface area contributed by atoms with E-state index in [0.29, 0.717) is 10.9 Å². The molecule has 0 radical (unpaired) electrons. The van der Waals surface area contributed by atoms with Crippen molar-refractivity contribution in [1.82, 2.24) is 9.66 Å². The first-order valence-electron chi connectivity index (χ1n) is 6.98. The summed E-state index contributed by atoms with van der Waals surface area (Å²) in [6.45, 7) is 1.94. The summed E-state index contributed by atoms with van der Waals surface area (Å²) in [6.07, 6.45) is 5.10. The van der Waals surface area contributed by atoms with E-state index in [-0.39, 0.29) is 5.56 Å². The van der Waals surface area contributed by atoms with Gasteiger partial charge in [0.25, 0.3) is 5.56 Å². The Morgan fingerprint density at radius 1 is 1.09 bits per heavy atom. The van der Waals surface area contributed by atoms with E-state index in [4.69, 9.17) is 0 Å². The number of hydrogen-bond acceptors (Lipinski definition) is 3. The molecule has 1 aromatic heterocycles. The van der Waals surface area contributed by atoms with Crippen LogP contribution in [0.15, 0.2) is 76.4 Å². The molecule has 0 aliphatic rings. The number of allylic oxidation sites excluding steroid dienone is 1. The minimum atomic E-state index is -0.172. The van der Waals surface area contributed by atoms with E-state index in [0.717, 1.165) is 11.1 Å². The largest absolute Gasteiger partial charge is 0.281 e. The molecule has 0 aliphatic heterocycles. The van der Waals surface area contributed by atoms with Gasteiger partial charge in [0.2, 0.25) is 0 Å². The van der Waals surface area contributed by atoms with Crippen LogP contribution in [0, 0.1) is 0 Å². The summed E-state index contributed by atoms with van der Waals surface area (Å²) >= 11 is 0. The lowest BCUT2D eigenvalue weighted by atomic mass is 10.1. The third-order valence-corrected chi connectivity index (χ3v) is 3.23. The van der Waals surface area contributed by atoms with Crippen LogP contribution in [0.5, 0.6) is 0 Å². The molecule has 0 fully saturated rings. The second-order valence-corrected chi connectivity index (χ2v) is 4.96. The molecule has 108 valence electrons. The zero-order chi connectivity index (χ0) is 15.4. The topological polar surface area (TPSA) is 47.2 Å². The first kappa shape index (κ1) is 13.9. The first-order valence-corrected chi connectivity index (χ1v) is 6.98. The van der Waals surface area contributed by atoms with E-state index >= 15 is 0 Å². The van der Waals surface area contributed by atoms with E-state index in [1.807, 2.05) is 61.5 Å². The van der Waals surface area contributed by atoms with Gasteiger partial charge in [-0.1, -0.05) is 48.5 Å². The molecule has 4 nitrogen and oxygen atoms in total. The molecular formula is C18H15N3O. The number of benzene rings is 2. The summed E-state index contributed by atoms with van der Waals surface area (Å²) in [5.74, 6) is 0. The van der Waals surface area contributed by atoms with Gasteiger partial charge in [-0.3, -0.25) is 4.79 Å². The zero-order valence-electron chi connectivity index (χ0n) is 12.2. The van der Waals surface area contributed by atoms with Crippen LogP contribution < -0.4 is 5.56 Å². The van der Waals surface area contributed by atoms with Crippen molar-refractivity contribution in [3.8, 4) is 0 Å². The monoisotopic (exact) mass is 289 g/mol. The van der Waals surface area contributed by atoms with Crippen molar-refractivity contribution in [1.29, 1.82) is 0 Å². The van der Waals surface area contributed by atoms with Gasteiger partial charge in [0.15, 0.2) is 0 Å². The zero-order valence-corrected chi connectivity index (χ0v) is 12.2. The van der Waals surface area contributed by atoms with Crippen LogP contribution in [-0.4, -0.2) is 15.9 Å². The highest BCUT2D eigenvalue weighted by Gasteiger charge is 2.01. The standard InChI is InChI=1S/C18H15N3O/c1-14(11-15-7-3-2-4-8-15)12-20-21-13-19-17-10-6-5-9-16(17)18(21)22/h2-13H,1H3/b14-11-,20-12+. The van der Waals surface area contributed by atoms with Crippen molar-refractivity contribution in [2.75, 3.05) is 0 Å². The second-order valence-electron chi connectivity index (χ2n) is 4.96. The predicted molar refractivity (Wildman–Crippen MR) is 90.0 cm³/mol. The Kier molecular flexibility index (Phi) is 3.92. The molecule has 0 amide bonds. The van der Waals surface area contributed by atoms with Gasteiger partial charge in [0.05, 0.1) is 17.1 Å². The van der Waals surface area contributed by atoms with Gasteiger partial charge in [-0.05, 0) is 30.2 Å².